The average molecular weight is 518 g/mol. The first kappa shape index (κ1) is 23.2. The second-order valence-corrected chi connectivity index (χ2v) is 11.9. The molecule has 0 unspecified atom stereocenters. The van der Waals surface area contributed by atoms with Crippen LogP contribution >= 0.6 is 0 Å². The highest BCUT2D eigenvalue weighted by Crippen LogP contribution is 2.56. The minimum atomic E-state index is -4.66. The lowest BCUT2D eigenvalue weighted by Gasteiger charge is -2.59. The molecule has 7 rings (SSSR count). The van der Waals surface area contributed by atoms with Crippen LogP contribution in [0.4, 0.5) is 23.8 Å². The number of urea groups is 1. The van der Waals surface area contributed by atoms with Gasteiger partial charge in [0.2, 0.25) is 0 Å². The zero-order chi connectivity index (χ0) is 25.6. The lowest BCUT2D eigenvalue weighted by molar-refractivity contribution is -0.250. The summed E-state index contributed by atoms with van der Waals surface area (Å²) in [5.41, 5.74) is -1.49. The molecule has 3 aliphatic heterocycles. The number of aromatic amines is 1. The number of amides is 2. The Balaban J connectivity index is 0.872. The summed E-state index contributed by atoms with van der Waals surface area (Å²) in [4.78, 5) is 25.9. The smallest absolute Gasteiger partial charge is 0.379 e. The largest absolute Gasteiger partial charge is 0.418 e. The zero-order valence-corrected chi connectivity index (χ0v) is 20.4. The van der Waals surface area contributed by atoms with Crippen molar-refractivity contribution in [2.45, 2.75) is 61.6 Å². The number of rotatable bonds is 4. The van der Waals surface area contributed by atoms with Crippen molar-refractivity contribution < 1.29 is 23.1 Å². The number of β-amino-alcohol motifs (C(OH)–C–C–N with tert-alkyl or cyclic N) is 1. The summed E-state index contributed by atoms with van der Waals surface area (Å²) in [6.07, 6.45) is 1.17. The van der Waals surface area contributed by atoms with Gasteiger partial charge in [-0.1, -0.05) is 6.07 Å². The molecule has 3 saturated heterocycles. The molecule has 2 aliphatic carbocycles. The van der Waals surface area contributed by atoms with Gasteiger partial charge in [-0.2, -0.15) is 13.2 Å². The minimum absolute atomic E-state index is 0.0779. The van der Waals surface area contributed by atoms with E-state index in [1.165, 1.54) is 17.7 Å². The summed E-state index contributed by atoms with van der Waals surface area (Å²) in [5.74, 6) is 3.63. The van der Waals surface area contributed by atoms with Crippen molar-refractivity contribution in [3.63, 3.8) is 0 Å². The molecule has 198 valence electrons. The summed E-state index contributed by atoms with van der Waals surface area (Å²) in [6.45, 7) is 2.42. The molecule has 2 aromatic rings. The Morgan fingerprint density at radius 3 is 2.30 bits per heavy atom. The first-order chi connectivity index (χ1) is 17.6. The first-order valence-electron chi connectivity index (χ1n) is 13.1. The van der Waals surface area contributed by atoms with E-state index in [9.17, 15) is 23.1 Å². The number of nitrogens with one attached hydrogen (secondary N) is 1. The molecule has 1 atom stereocenters. The number of alkyl halides is 3. The highest BCUT2D eigenvalue weighted by molar-refractivity contribution is 5.77. The highest BCUT2D eigenvalue weighted by atomic mass is 19.4. The Morgan fingerprint density at radius 1 is 1.00 bits per heavy atom. The number of halogens is 3. The molecule has 2 amide bonds. The first-order valence-corrected chi connectivity index (χ1v) is 13.1. The number of aliphatic hydroxyl groups is 1. The maximum absolute atomic E-state index is 13.1. The van der Waals surface area contributed by atoms with E-state index in [1.54, 1.807) is 12.3 Å². The lowest BCUT2D eigenvalue weighted by atomic mass is 9.57. The van der Waals surface area contributed by atoms with E-state index in [1.807, 2.05) is 15.9 Å². The SMILES string of the molecule is O=C(N1CC(c2ccc(N3CC[C@@](O)(C(F)(F)F)C3)nc2)C1)N1CC2(CC(c3nnc(C4CC4)[nH]3)C2)C1. The van der Waals surface area contributed by atoms with E-state index in [0.717, 1.165) is 43.1 Å². The molecule has 5 aliphatic rings. The van der Waals surface area contributed by atoms with Crippen LogP contribution in [0.25, 0.3) is 0 Å². The van der Waals surface area contributed by atoms with Gasteiger partial charge in [0.1, 0.15) is 17.5 Å². The van der Waals surface area contributed by atoms with Crippen LogP contribution in [0.5, 0.6) is 0 Å². The Bertz CT molecular complexity index is 1190. The van der Waals surface area contributed by atoms with Gasteiger partial charge >= 0.3 is 12.2 Å². The Kier molecular flexibility index (Phi) is 4.91. The van der Waals surface area contributed by atoms with Gasteiger partial charge in [0.25, 0.3) is 0 Å². The second-order valence-electron chi connectivity index (χ2n) is 11.9. The van der Waals surface area contributed by atoms with Crippen molar-refractivity contribution in [2.24, 2.45) is 5.41 Å². The van der Waals surface area contributed by atoms with E-state index in [0.29, 0.717) is 30.7 Å². The number of hydrogen-bond acceptors (Lipinski definition) is 6. The molecule has 0 aromatic carbocycles. The number of anilines is 1. The molecule has 0 radical (unpaired) electrons. The van der Waals surface area contributed by atoms with Crippen LogP contribution < -0.4 is 4.90 Å². The lowest BCUT2D eigenvalue weighted by Crippen LogP contribution is -2.67. The maximum atomic E-state index is 13.1. The van der Waals surface area contributed by atoms with Crippen molar-refractivity contribution in [1.29, 1.82) is 0 Å². The fourth-order valence-corrected chi connectivity index (χ4v) is 6.44. The number of H-pyrrole nitrogens is 1. The standard InChI is InChI=1S/C25H30F3N7O2/c26-25(27,28)24(37)5-6-33(14-24)19-4-3-16(9-29-19)18-10-34(11-18)22(36)35-12-23(13-35)7-17(8-23)21-30-20(31-32-21)15-1-2-15/h3-4,9,15,17-18,37H,1-2,5-8,10-14H2,(H,30,31,32)/t24-/m0/s1. The number of nitrogens with zero attached hydrogens (tertiary/aromatic N) is 6. The number of hydrogen-bond donors (Lipinski definition) is 2. The topological polar surface area (TPSA) is 101 Å². The van der Waals surface area contributed by atoms with Gasteiger partial charge in [0.05, 0.1) is 6.54 Å². The zero-order valence-electron chi connectivity index (χ0n) is 20.4. The second kappa shape index (κ2) is 7.81. The molecule has 0 bridgehead atoms. The molecule has 1 spiro atoms. The third-order valence-corrected chi connectivity index (χ3v) is 9.05. The van der Waals surface area contributed by atoms with Gasteiger partial charge in [0, 0.05) is 68.5 Å². The number of carbonyl (C=O) groups excluding carboxylic acids is 1. The van der Waals surface area contributed by atoms with Crippen molar-refractivity contribution >= 4 is 11.8 Å². The number of aromatic nitrogens is 4. The van der Waals surface area contributed by atoms with Gasteiger partial charge in [0.15, 0.2) is 5.60 Å². The van der Waals surface area contributed by atoms with E-state index in [-0.39, 0.29) is 30.3 Å². The minimum Gasteiger partial charge on any atom is -0.379 e. The third-order valence-electron chi connectivity index (χ3n) is 9.05. The molecule has 5 fully saturated rings. The fourth-order valence-electron chi connectivity index (χ4n) is 6.44. The molecule has 37 heavy (non-hydrogen) atoms. The molecular formula is C25H30F3N7O2. The van der Waals surface area contributed by atoms with Crippen LogP contribution in [0.2, 0.25) is 0 Å². The monoisotopic (exact) mass is 517 g/mol. The van der Waals surface area contributed by atoms with Gasteiger partial charge in [-0.15, -0.1) is 10.2 Å². The van der Waals surface area contributed by atoms with Crippen molar-refractivity contribution in [3.8, 4) is 0 Å². The van der Waals surface area contributed by atoms with Crippen LogP contribution in [0.3, 0.4) is 0 Å². The Hall–Kier alpha value is -2.89. The summed E-state index contributed by atoms with van der Waals surface area (Å²) >= 11 is 0. The molecule has 5 heterocycles. The van der Waals surface area contributed by atoms with Gasteiger partial charge in [-0.3, -0.25) is 0 Å². The van der Waals surface area contributed by atoms with Crippen LogP contribution in [0.15, 0.2) is 18.3 Å². The average Bonchev–Trinajstić information content (AvgIpc) is 3.36. The summed E-state index contributed by atoms with van der Waals surface area (Å²) in [6, 6.07) is 3.65. The molecule has 2 aromatic heterocycles. The number of likely N-dealkylation sites (tertiary alicyclic amines) is 2. The predicted octanol–water partition coefficient (Wildman–Crippen LogP) is 2.98. The van der Waals surface area contributed by atoms with Crippen molar-refractivity contribution in [1.82, 2.24) is 30.0 Å². The van der Waals surface area contributed by atoms with Crippen molar-refractivity contribution in [3.05, 3.63) is 35.5 Å². The van der Waals surface area contributed by atoms with Crippen LogP contribution in [-0.4, -0.2) is 92.1 Å². The summed E-state index contributed by atoms with van der Waals surface area (Å²) in [5, 5.41) is 18.5. The van der Waals surface area contributed by atoms with E-state index in [2.05, 4.69) is 20.2 Å². The molecule has 2 N–H and O–H groups in total. The van der Waals surface area contributed by atoms with E-state index in [4.69, 9.17) is 0 Å². The van der Waals surface area contributed by atoms with Gasteiger partial charge < -0.3 is 24.8 Å². The van der Waals surface area contributed by atoms with Gasteiger partial charge in [-0.05, 0) is 37.3 Å². The van der Waals surface area contributed by atoms with Crippen molar-refractivity contribution in [2.75, 3.05) is 44.2 Å². The van der Waals surface area contributed by atoms with Gasteiger partial charge in [-0.25, -0.2) is 9.78 Å². The van der Waals surface area contributed by atoms with Crippen LogP contribution in [0.1, 0.15) is 67.1 Å². The normalized spacial score (nSPS) is 27.8. The molecule has 2 saturated carbocycles. The van der Waals surface area contributed by atoms with Crippen LogP contribution in [-0.2, 0) is 0 Å². The quantitative estimate of drug-likeness (QED) is 0.647. The highest BCUT2D eigenvalue weighted by Gasteiger charge is 2.58. The Morgan fingerprint density at radius 2 is 1.70 bits per heavy atom. The summed E-state index contributed by atoms with van der Waals surface area (Å²) < 4.78 is 39.3. The third kappa shape index (κ3) is 3.86. The molecule has 9 nitrogen and oxygen atoms in total. The van der Waals surface area contributed by atoms with E-state index >= 15 is 0 Å². The van der Waals surface area contributed by atoms with Crippen LogP contribution in [0, 0.1) is 5.41 Å². The maximum Gasteiger partial charge on any atom is 0.418 e. The molecule has 12 heteroatoms. The fraction of sp³-hybridized carbons (Fsp3) is 0.680. The Labute approximate surface area is 212 Å². The number of pyridine rings is 1. The summed E-state index contributed by atoms with van der Waals surface area (Å²) in [7, 11) is 0. The van der Waals surface area contributed by atoms with E-state index < -0.39 is 18.3 Å². The predicted molar refractivity (Wildman–Crippen MR) is 126 cm³/mol. The molecular weight excluding hydrogens is 487 g/mol. The number of carbonyl (C=O) groups is 1.